The van der Waals surface area contributed by atoms with Gasteiger partial charge in [-0.15, -0.1) is 11.3 Å². The summed E-state index contributed by atoms with van der Waals surface area (Å²) >= 11 is 1.84. The lowest BCUT2D eigenvalue weighted by Gasteiger charge is -2.25. The maximum Gasteiger partial charge on any atom is 0.143 e. The highest BCUT2D eigenvalue weighted by molar-refractivity contribution is 7.25. The molecule has 3 nitrogen and oxygen atoms in total. The van der Waals surface area contributed by atoms with Gasteiger partial charge < -0.3 is 13.7 Å². The van der Waals surface area contributed by atoms with E-state index in [9.17, 15) is 0 Å². The maximum absolute atomic E-state index is 7.09. The van der Waals surface area contributed by atoms with Crippen LogP contribution in [0.3, 0.4) is 0 Å². The van der Waals surface area contributed by atoms with E-state index in [-0.39, 0.29) is 0 Å². The Balaban J connectivity index is 1.08. The third-order valence-electron chi connectivity index (χ3n) is 11.3. The van der Waals surface area contributed by atoms with Crippen LogP contribution < -0.4 is 4.90 Å². The summed E-state index contributed by atoms with van der Waals surface area (Å²) in [5, 5.41) is 9.38. The highest BCUT2D eigenvalue weighted by atomic mass is 32.1. The minimum atomic E-state index is 0.841. The predicted molar refractivity (Wildman–Crippen MR) is 237 cm³/mol. The zero-order valence-electron chi connectivity index (χ0n) is 30.1. The van der Waals surface area contributed by atoms with Crippen molar-refractivity contribution in [1.82, 2.24) is 0 Å². The van der Waals surface area contributed by atoms with Gasteiger partial charge in [0.25, 0.3) is 0 Å². The van der Waals surface area contributed by atoms with Crippen LogP contribution in [0.1, 0.15) is 0 Å². The molecule has 0 amide bonds. The van der Waals surface area contributed by atoms with Crippen molar-refractivity contribution in [2.45, 2.75) is 0 Å². The van der Waals surface area contributed by atoms with Gasteiger partial charge in [0.1, 0.15) is 22.3 Å². The fourth-order valence-electron chi connectivity index (χ4n) is 8.69. The SMILES string of the molecule is c1ccc(-c2ccc(N(c3ccc4c(c3)oc3ccccc34)c3ccc4c(c3)oc3c(-c5cccc6sc7ccccc7c56)cc5ccccc5c34)cc2)cc1. The number of fused-ring (bicyclic) bond motifs is 11. The third kappa shape index (κ3) is 4.76. The molecule has 0 aliphatic rings. The Morgan fingerprint density at radius 2 is 0.982 bits per heavy atom. The van der Waals surface area contributed by atoms with Crippen LogP contribution in [0.2, 0.25) is 0 Å². The second-order valence-electron chi connectivity index (χ2n) is 14.4. The number of thiophene rings is 1. The van der Waals surface area contributed by atoms with Gasteiger partial charge in [-0.1, -0.05) is 115 Å². The van der Waals surface area contributed by atoms with Gasteiger partial charge in [-0.25, -0.2) is 0 Å². The molecule has 0 aliphatic heterocycles. The van der Waals surface area contributed by atoms with E-state index in [2.05, 4.69) is 181 Å². The summed E-state index contributed by atoms with van der Waals surface area (Å²) in [4.78, 5) is 2.30. The normalized spacial score (nSPS) is 11.9. The lowest BCUT2D eigenvalue weighted by molar-refractivity contribution is 0.669. The molecule has 0 atom stereocenters. The molecule has 9 aromatic carbocycles. The van der Waals surface area contributed by atoms with Crippen molar-refractivity contribution in [3.8, 4) is 22.3 Å². The molecule has 0 saturated heterocycles. The molecule has 0 fully saturated rings. The van der Waals surface area contributed by atoms with E-state index in [0.717, 1.165) is 66.5 Å². The predicted octanol–water partition coefficient (Wildman–Crippen LogP) is 15.8. The van der Waals surface area contributed by atoms with Crippen molar-refractivity contribution >= 4 is 103 Å². The standard InChI is InChI=1S/C52H31NO2S/c1-2-11-32(12-3-1)33-21-23-35(24-22-33)53(36-25-27-40-39-15-6-8-18-45(39)54-46(40)30-36)37-26-28-42-47(31-37)55-52-44(29-34-13-4-5-14-38(34)51(42)52)41-17-10-20-49-50(41)43-16-7-9-19-48(43)56-49/h1-31H. The third-order valence-corrected chi connectivity index (χ3v) is 12.4. The van der Waals surface area contributed by atoms with E-state index in [4.69, 9.17) is 8.83 Å². The fraction of sp³-hybridized carbons (Fsp3) is 0. The molecule has 3 aromatic heterocycles. The molecule has 4 heteroatoms. The Hall–Kier alpha value is -7.14. The van der Waals surface area contributed by atoms with Crippen LogP contribution in [-0.2, 0) is 0 Å². The number of furan rings is 2. The average molecular weight is 734 g/mol. The number of benzene rings is 9. The number of nitrogens with zero attached hydrogens (tertiary/aromatic N) is 1. The summed E-state index contributed by atoms with van der Waals surface area (Å²) in [7, 11) is 0. The van der Waals surface area contributed by atoms with Crippen molar-refractivity contribution in [3.63, 3.8) is 0 Å². The number of hydrogen-bond acceptors (Lipinski definition) is 4. The number of para-hydroxylation sites is 1. The summed E-state index contributed by atoms with van der Waals surface area (Å²) in [5.74, 6) is 0. The number of rotatable bonds is 5. The van der Waals surface area contributed by atoms with Crippen molar-refractivity contribution in [2.75, 3.05) is 4.90 Å². The van der Waals surface area contributed by atoms with E-state index in [1.165, 1.54) is 47.6 Å². The van der Waals surface area contributed by atoms with Gasteiger partial charge >= 0.3 is 0 Å². The van der Waals surface area contributed by atoms with Gasteiger partial charge in [0, 0.05) is 76.5 Å². The molecule has 3 heterocycles. The first kappa shape index (κ1) is 31.2. The first-order valence-corrected chi connectivity index (χ1v) is 19.7. The second kappa shape index (κ2) is 12.2. The zero-order valence-corrected chi connectivity index (χ0v) is 30.9. The molecule has 0 spiro atoms. The van der Waals surface area contributed by atoms with Crippen molar-refractivity contribution in [1.29, 1.82) is 0 Å². The van der Waals surface area contributed by atoms with E-state index in [1.807, 2.05) is 23.5 Å². The van der Waals surface area contributed by atoms with Crippen LogP contribution in [0.15, 0.2) is 197 Å². The minimum absolute atomic E-state index is 0.841. The number of anilines is 3. The van der Waals surface area contributed by atoms with Gasteiger partial charge in [-0.3, -0.25) is 0 Å². The first-order chi connectivity index (χ1) is 27.7. The van der Waals surface area contributed by atoms with E-state index in [0.29, 0.717) is 0 Å². The number of hydrogen-bond donors (Lipinski definition) is 0. The average Bonchev–Trinajstić information content (AvgIpc) is 3.95. The fourth-order valence-corrected chi connectivity index (χ4v) is 9.82. The zero-order chi connectivity index (χ0) is 36.7. The van der Waals surface area contributed by atoms with E-state index in [1.54, 1.807) is 0 Å². The van der Waals surface area contributed by atoms with Crippen LogP contribution >= 0.6 is 11.3 Å². The monoisotopic (exact) mass is 733 g/mol. The molecule has 12 rings (SSSR count). The summed E-state index contributed by atoms with van der Waals surface area (Å²) < 4.78 is 16.1. The van der Waals surface area contributed by atoms with Gasteiger partial charge in [-0.05, 0) is 88.1 Å². The van der Waals surface area contributed by atoms with Gasteiger partial charge in [0.2, 0.25) is 0 Å². The highest BCUT2D eigenvalue weighted by Crippen LogP contribution is 2.47. The van der Waals surface area contributed by atoms with Crippen molar-refractivity contribution < 1.29 is 8.83 Å². The molecule has 0 N–H and O–H groups in total. The van der Waals surface area contributed by atoms with Crippen LogP contribution in [0.5, 0.6) is 0 Å². The minimum Gasteiger partial charge on any atom is -0.456 e. The molecule has 56 heavy (non-hydrogen) atoms. The van der Waals surface area contributed by atoms with Crippen LogP contribution in [0.4, 0.5) is 17.1 Å². The molecule has 0 unspecified atom stereocenters. The lowest BCUT2D eigenvalue weighted by Crippen LogP contribution is -2.09. The van der Waals surface area contributed by atoms with Gasteiger partial charge in [0.05, 0.1) is 0 Å². The summed E-state index contributed by atoms with van der Waals surface area (Å²) in [5.41, 5.74) is 11.2. The Labute approximate surface area is 325 Å². The Morgan fingerprint density at radius 3 is 1.82 bits per heavy atom. The van der Waals surface area contributed by atoms with Crippen molar-refractivity contribution in [3.05, 3.63) is 188 Å². The quantitative estimate of drug-likeness (QED) is 0.176. The molecule has 0 aliphatic carbocycles. The first-order valence-electron chi connectivity index (χ1n) is 18.9. The molecular weight excluding hydrogens is 703 g/mol. The molecule has 0 saturated carbocycles. The molecule has 12 aromatic rings. The molecular formula is C52H31NO2S. The van der Waals surface area contributed by atoms with Gasteiger partial charge in [0.15, 0.2) is 0 Å². The summed E-state index contributed by atoms with van der Waals surface area (Å²) in [6, 6.07) is 67.1. The van der Waals surface area contributed by atoms with Crippen molar-refractivity contribution in [2.24, 2.45) is 0 Å². The Kier molecular flexibility index (Phi) is 6.80. The largest absolute Gasteiger partial charge is 0.456 e. The topological polar surface area (TPSA) is 29.5 Å². The van der Waals surface area contributed by atoms with Gasteiger partial charge in [-0.2, -0.15) is 0 Å². The lowest BCUT2D eigenvalue weighted by atomic mass is 9.94. The van der Waals surface area contributed by atoms with E-state index >= 15 is 0 Å². The summed E-state index contributed by atoms with van der Waals surface area (Å²) in [6.07, 6.45) is 0. The molecule has 262 valence electrons. The second-order valence-corrected chi connectivity index (χ2v) is 15.5. The molecule has 0 radical (unpaired) electrons. The van der Waals surface area contributed by atoms with Crippen LogP contribution in [0, 0.1) is 0 Å². The maximum atomic E-state index is 7.09. The Morgan fingerprint density at radius 1 is 0.357 bits per heavy atom. The van der Waals surface area contributed by atoms with E-state index < -0.39 is 0 Å². The van der Waals surface area contributed by atoms with Crippen LogP contribution in [-0.4, -0.2) is 0 Å². The summed E-state index contributed by atoms with van der Waals surface area (Å²) in [6.45, 7) is 0. The Bertz CT molecular complexity index is 3480. The molecule has 0 bridgehead atoms. The highest BCUT2D eigenvalue weighted by Gasteiger charge is 2.22. The smallest absolute Gasteiger partial charge is 0.143 e. The van der Waals surface area contributed by atoms with Crippen LogP contribution in [0.25, 0.3) is 97.1 Å².